The van der Waals surface area contributed by atoms with Gasteiger partial charge < -0.3 is 15.5 Å². The van der Waals surface area contributed by atoms with Crippen LogP contribution < -0.4 is 10.6 Å². The van der Waals surface area contributed by atoms with E-state index in [0.717, 1.165) is 63.1 Å². The number of hydrogen-bond donors (Lipinski definition) is 2. The molecule has 0 aliphatic heterocycles. The van der Waals surface area contributed by atoms with Crippen molar-refractivity contribution in [1.29, 1.82) is 0 Å². The lowest BCUT2D eigenvalue weighted by molar-refractivity contribution is -0.136. The Balaban J connectivity index is 1.25. The molecule has 0 aliphatic rings. The zero-order valence-electron chi connectivity index (χ0n) is 26.0. The Kier molecular flexibility index (Phi) is 11.2. The summed E-state index contributed by atoms with van der Waals surface area (Å²) in [5, 5.41) is 8.21. The van der Waals surface area contributed by atoms with Crippen LogP contribution in [-0.4, -0.2) is 39.8 Å². The molecule has 0 saturated carbocycles. The highest BCUT2D eigenvalue weighted by Gasteiger charge is 2.27. The number of carbonyl (C=O) groups excluding carboxylic acids is 2. The van der Waals surface area contributed by atoms with Gasteiger partial charge in [0.1, 0.15) is 16.1 Å². The first kappa shape index (κ1) is 32.2. The summed E-state index contributed by atoms with van der Waals surface area (Å²) >= 11 is 3.32. The summed E-state index contributed by atoms with van der Waals surface area (Å²) in [6.07, 6.45) is 5.75. The van der Waals surface area contributed by atoms with Crippen molar-refractivity contribution in [3.63, 3.8) is 0 Å². The van der Waals surface area contributed by atoms with Crippen LogP contribution in [0.15, 0.2) is 91.3 Å². The molecular formula is C36H39N5O2S2. The first-order valence-electron chi connectivity index (χ1n) is 15.4. The second kappa shape index (κ2) is 15.7. The van der Waals surface area contributed by atoms with Crippen LogP contribution in [0.3, 0.4) is 0 Å². The summed E-state index contributed by atoms with van der Waals surface area (Å²) in [6, 6.07) is 25.8. The topological polar surface area (TPSA) is 87.2 Å². The highest BCUT2D eigenvalue weighted by Crippen LogP contribution is 2.32. The van der Waals surface area contributed by atoms with Gasteiger partial charge >= 0.3 is 0 Å². The Morgan fingerprint density at radius 1 is 0.756 bits per heavy atom. The standard InChI is InChI=1S/C36H39N5O2S2/c1-4-19-37-23-33-38-21-31(44-33)28-15-11-26(12-16-28)27-13-17-29(18-14-27)32-22-39-34(45-32)24-41(20-5-2)36(43)35(40-25(3)42)30-9-7-6-8-10-30/h6-18,21-22,35,37H,4-5,19-20,23-24H2,1-3H3,(H,40,42). The number of nitrogens with one attached hydrogen (secondary N) is 2. The number of benzene rings is 3. The molecule has 45 heavy (non-hydrogen) atoms. The van der Waals surface area contributed by atoms with E-state index >= 15 is 0 Å². The van der Waals surface area contributed by atoms with Crippen LogP contribution in [-0.2, 0) is 22.7 Å². The zero-order valence-corrected chi connectivity index (χ0v) is 27.6. The van der Waals surface area contributed by atoms with E-state index in [1.165, 1.54) is 17.4 Å². The average molecular weight is 638 g/mol. The lowest BCUT2D eigenvalue weighted by Crippen LogP contribution is -2.42. The number of carbonyl (C=O) groups is 2. The van der Waals surface area contributed by atoms with Gasteiger partial charge in [-0.15, -0.1) is 22.7 Å². The smallest absolute Gasteiger partial charge is 0.250 e. The predicted molar refractivity (Wildman–Crippen MR) is 185 cm³/mol. The maximum absolute atomic E-state index is 13.7. The molecule has 0 bridgehead atoms. The fourth-order valence-electron chi connectivity index (χ4n) is 5.09. The van der Waals surface area contributed by atoms with Gasteiger partial charge in [0.05, 0.1) is 16.3 Å². The first-order valence-corrected chi connectivity index (χ1v) is 17.0. The Labute approximate surface area is 273 Å². The number of thiazole rings is 2. The maximum atomic E-state index is 13.7. The Morgan fingerprint density at radius 2 is 1.31 bits per heavy atom. The molecule has 0 spiro atoms. The van der Waals surface area contributed by atoms with Gasteiger partial charge in [-0.25, -0.2) is 9.97 Å². The molecule has 1 unspecified atom stereocenters. The van der Waals surface area contributed by atoms with Crippen molar-refractivity contribution in [2.24, 2.45) is 0 Å². The highest BCUT2D eigenvalue weighted by atomic mass is 32.1. The molecule has 2 heterocycles. The predicted octanol–water partition coefficient (Wildman–Crippen LogP) is 7.72. The summed E-state index contributed by atoms with van der Waals surface area (Å²) in [7, 11) is 0. The van der Waals surface area contributed by atoms with Crippen LogP contribution in [0, 0.1) is 0 Å². The molecule has 2 aromatic heterocycles. The largest absolute Gasteiger partial charge is 0.341 e. The molecule has 7 nitrogen and oxygen atoms in total. The second-order valence-electron chi connectivity index (χ2n) is 10.9. The molecular weight excluding hydrogens is 599 g/mol. The molecule has 0 fully saturated rings. The van der Waals surface area contributed by atoms with Crippen LogP contribution in [0.5, 0.6) is 0 Å². The van der Waals surface area contributed by atoms with E-state index in [0.29, 0.717) is 13.1 Å². The molecule has 1 atom stereocenters. The summed E-state index contributed by atoms with van der Waals surface area (Å²) in [6.45, 7) is 8.42. The molecule has 0 aliphatic carbocycles. The molecule has 5 rings (SSSR count). The minimum absolute atomic E-state index is 0.134. The molecule has 2 N–H and O–H groups in total. The van der Waals surface area contributed by atoms with Crippen LogP contribution in [0.1, 0.15) is 55.2 Å². The number of amides is 2. The number of hydrogen-bond acceptors (Lipinski definition) is 7. The van der Waals surface area contributed by atoms with Gasteiger partial charge in [0, 0.05) is 32.4 Å². The van der Waals surface area contributed by atoms with Gasteiger partial charge in [0.15, 0.2) is 0 Å². The maximum Gasteiger partial charge on any atom is 0.250 e. The Morgan fingerprint density at radius 3 is 1.87 bits per heavy atom. The number of rotatable bonds is 14. The van der Waals surface area contributed by atoms with Gasteiger partial charge in [-0.1, -0.05) is 92.7 Å². The summed E-state index contributed by atoms with van der Waals surface area (Å²) in [5.41, 5.74) is 5.33. The SMILES string of the molecule is CCCNCc1ncc(-c2ccc(-c3ccc(-c4cnc(CN(CCC)C(=O)C(NC(C)=O)c5ccccc5)s4)cc3)cc2)s1. The minimum Gasteiger partial charge on any atom is -0.341 e. The average Bonchev–Trinajstić information content (AvgIpc) is 3.74. The van der Waals surface area contributed by atoms with Crippen LogP contribution >= 0.6 is 22.7 Å². The lowest BCUT2D eigenvalue weighted by atomic mass is 10.0. The first-order chi connectivity index (χ1) is 21.9. The third-order valence-corrected chi connectivity index (χ3v) is 9.42. The van der Waals surface area contributed by atoms with Crippen molar-refractivity contribution >= 4 is 34.5 Å². The second-order valence-corrected chi connectivity index (χ2v) is 13.1. The van der Waals surface area contributed by atoms with Crippen molar-refractivity contribution in [2.45, 2.75) is 52.7 Å². The zero-order chi connectivity index (χ0) is 31.6. The van der Waals surface area contributed by atoms with Crippen molar-refractivity contribution in [3.05, 3.63) is 107 Å². The minimum atomic E-state index is -0.733. The van der Waals surface area contributed by atoms with E-state index in [9.17, 15) is 9.59 Å². The van der Waals surface area contributed by atoms with Crippen molar-refractivity contribution < 1.29 is 9.59 Å². The van der Waals surface area contributed by atoms with E-state index < -0.39 is 6.04 Å². The molecule has 9 heteroatoms. The van der Waals surface area contributed by atoms with E-state index in [2.05, 4.69) is 76.1 Å². The Hall–Kier alpha value is -4.18. The van der Waals surface area contributed by atoms with Gasteiger partial charge in [-0.05, 0) is 47.2 Å². The summed E-state index contributed by atoms with van der Waals surface area (Å²) < 4.78 is 0. The van der Waals surface area contributed by atoms with Crippen molar-refractivity contribution in [2.75, 3.05) is 13.1 Å². The van der Waals surface area contributed by atoms with E-state index in [1.54, 1.807) is 27.6 Å². The fourth-order valence-corrected chi connectivity index (χ4v) is 6.92. The van der Waals surface area contributed by atoms with Gasteiger partial charge in [0.2, 0.25) is 11.8 Å². The lowest BCUT2D eigenvalue weighted by Gasteiger charge is -2.27. The van der Waals surface area contributed by atoms with Gasteiger partial charge in [-0.2, -0.15) is 0 Å². The molecule has 0 radical (unpaired) electrons. The molecule has 3 aromatic carbocycles. The van der Waals surface area contributed by atoms with E-state index in [4.69, 9.17) is 0 Å². The van der Waals surface area contributed by atoms with Crippen LogP contribution in [0.2, 0.25) is 0 Å². The van der Waals surface area contributed by atoms with Gasteiger partial charge in [-0.3, -0.25) is 9.59 Å². The van der Waals surface area contributed by atoms with Crippen molar-refractivity contribution in [3.8, 4) is 32.0 Å². The van der Waals surface area contributed by atoms with E-state index in [-0.39, 0.29) is 11.8 Å². The summed E-state index contributed by atoms with van der Waals surface area (Å²) in [5.74, 6) is -0.376. The van der Waals surface area contributed by atoms with Crippen LogP contribution in [0.4, 0.5) is 0 Å². The normalized spacial score (nSPS) is 11.7. The Bertz CT molecular complexity index is 1680. The molecule has 0 saturated heterocycles. The fraction of sp³-hybridized carbons (Fsp3) is 0.278. The molecule has 5 aromatic rings. The van der Waals surface area contributed by atoms with Crippen LogP contribution in [0.25, 0.3) is 32.0 Å². The van der Waals surface area contributed by atoms with Crippen molar-refractivity contribution in [1.82, 2.24) is 25.5 Å². The monoisotopic (exact) mass is 637 g/mol. The third-order valence-electron chi connectivity index (χ3n) is 7.34. The number of aromatic nitrogens is 2. The summed E-state index contributed by atoms with van der Waals surface area (Å²) in [4.78, 5) is 38.9. The quantitative estimate of drug-likeness (QED) is 0.122. The third kappa shape index (κ3) is 8.51. The number of nitrogens with zero attached hydrogens (tertiary/aromatic N) is 3. The van der Waals surface area contributed by atoms with Gasteiger partial charge in [0.25, 0.3) is 0 Å². The highest BCUT2D eigenvalue weighted by molar-refractivity contribution is 7.15. The molecule has 2 amide bonds. The molecule has 232 valence electrons. The van der Waals surface area contributed by atoms with E-state index in [1.807, 2.05) is 49.6 Å².